The van der Waals surface area contributed by atoms with Crippen molar-refractivity contribution in [2.45, 2.75) is 25.2 Å². The van der Waals surface area contributed by atoms with Crippen molar-refractivity contribution in [3.63, 3.8) is 0 Å². The van der Waals surface area contributed by atoms with Gasteiger partial charge in [-0.25, -0.2) is 0 Å². The molecule has 78 valence electrons. The number of halogens is 1. The third-order valence-corrected chi connectivity index (χ3v) is 3.37. The maximum absolute atomic E-state index is 10.9. The first-order valence-corrected chi connectivity index (χ1v) is 5.88. The SMILES string of the molecule is CC(=O)/C=C/C1(c2ccc(Br)cc2)CC1. The van der Waals surface area contributed by atoms with Crippen LogP contribution in [0, 0.1) is 0 Å². The normalized spacial score (nSPS) is 18.0. The summed E-state index contributed by atoms with van der Waals surface area (Å²) in [5.41, 5.74) is 1.45. The summed E-state index contributed by atoms with van der Waals surface area (Å²) < 4.78 is 1.09. The van der Waals surface area contributed by atoms with E-state index >= 15 is 0 Å². The first-order valence-electron chi connectivity index (χ1n) is 5.08. The first kappa shape index (κ1) is 10.6. The topological polar surface area (TPSA) is 17.1 Å². The first-order chi connectivity index (χ1) is 7.12. The Balaban J connectivity index is 2.23. The number of rotatable bonds is 3. The molecule has 0 bridgehead atoms. The summed E-state index contributed by atoms with van der Waals surface area (Å²) in [4.78, 5) is 10.9. The van der Waals surface area contributed by atoms with E-state index in [2.05, 4.69) is 46.3 Å². The van der Waals surface area contributed by atoms with Gasteiger partial charge in [0.15, 0.2) is 5.78 Å². The van der Waals surface area contributed by atoms with E-state index in [4.69, 9.17) is 0 Å². The summed E-state index contributed by atoms with van der Waals surface area (Å²) in [6.07, 6.45) is 6.05. The van der Waals surface area contributed by atoms with Crippen LogP contribution in [0.25, 0.3) is 0 Å². The van der Waals surface area contributed by atoms with Crippen LogP contribution in [-0.4, -0.2) is 5.78 Å². The van der Waals surface area contributed by atoms with Crippen LogP contribution < -0.4 is 0 Å². The average Bonchev–Trinajstić information content (AvgIpc) is 2.97. The molecule has 15 heavy (non-hydrogen) atoms. The molecule has 1 saturated carbocycles. The van der Waals surface area contributed by atoms with E-state index in [1.807, 2.05) is 0 Å². The molecule has 1 aromatic carbocycles. The van der Waals surface area contributed by atoms with Crippen LogP contribution in [0.3, 0.4) is 0 Å². The molecular weight excluding hydrogens is 252 g/mol. The highest BCUT2D eigenvalue weighted by Gasteiger charge is 2.41. The highest BCUT2D eigenvalue weighted by Crippen LogP contribution is 2.49. The standard InChI is InChI=1S/C13H13BrO/c1-10(15)6-7-13(8-9-13)11-2-4-12(14)5-3-11/h2-7H,8-9H2,1H3/b7-6+. The van der Waals surface area contributed by atoms with Crippen molar-refractivity contribution < 1.29 is 4.79 Å². The van der Waals surface area contributed by atoms with Gasteiger partial charge in [0, 0.05) is 9.89 Å². The van der Waals surface area contributed by atoms with Crippen molar-refractivity contribution in [1.82, 2.24) is 0 Å². The zero-order chi connectivity index (χ0) is 10.9. The van der Waals surface area contributed by atoms with E-state index in [-0.39, 0.29) is 11.2 Å². The minimum absolute atomic E-state index is 0.124. The molecule has 0 amide bonds. The van der Waals surface area contributed by atoms with Crippen molar-refractivity contribution in [2.75, 3.05) is 0 Å². The quantitative estimate of drug-likeness (QED) is 0.763. The molecule has 0 unspecified atom stereocenters. The summed E-state index contributed by atoms with van der Waals surface area (Å²) in [6.45, 7) is 1.59. The van der Waals surface area contributed by atoms with Gasteiger partial charge in [0.2, 0.25) is 0 Å². The predicted molar refractivity (Wildman–Crippen MR) is 64.9 cm³/mol. The second-order valence-electron chi connectivity index (χ2n) is 4.11. The molecular formula is C13H13BrO. The van der Waals surface area contributed by atoms with Crippen LogP contribution in [0.15, 0.2) is 40.9 Å². The van der Waals surface area contributed by atoms with Gasteiger partial charge in [-0.15, -0.1) is 0 Å². The molecule has 1 aliphatic carbocycles. The number of allylic oxidation sites excluding steroid dienone is 2. The fourth-order valence-electron chi connectivity index (χ4n) is 1.74. The molecule has 1 aliphatic rings. The van der Waals surface area contributed by atoms with Gasteiger partial charge in [-0.3, -0.25) is 4.79 Å². The Kier molecular flexibility index (Phi) is 2.79. The van der Waals surface area contributed by atoms with Gasteiger partial charge in [-0.2, -0.15) is 0 Å². The second-order valence-corrected chi connectivity index (χ2v) is 5.02. The van der Waals surface area contributed by atoms with E-state index in [0.717, 1.165) is 17.3 Å². The van der Waals surface area contributed by atoms with Gasteiger partial charge in [0.1, 0.15) is 0 Å². The number of hydrogen-bond donors (Lipinski definition) is 0. The molecule has 1 aromatic rings. The van der Waals surface area contributed by atoms with E-state index in [1.54, 1.807) is 13.0 Å². The molecule has 0 aliphatic heterocycles. The van der Waals surface area contributed by atoms with Crippen LogP contribution in [0.5, 0.6) is 0 Å². The maximum Gasteiger partial charge on any atom is 0.152 e. The highest BCUT2D eigenvalue weighted by molar-refractivity contribution is 9.10. The molecule has 1 nitrogen and oxygen atoms in total. The third-order valence-electron chi connectivity index (χ3n) is 2.84. The Hall–Kier alpha value is -0.890. The van der Waals surface area contributed by atoms with E-state index < -0.39 is 0 Å². The number of benzene rings is 1. The minimum Gasteiger partial charge on any atom is -0.295 e. The van der Waals surface area contributed by atoms with Crippen molar-refractivity contribution in [3.8, 4) is 0 Å². The molecule has 0 radical (unpaired) electrons. The lowest BCUT2D eigenvalue weighted by molar-refractivity contribution is -0.112. The van der Waals surface area contributed by atoms with Gasteiger partial charge in [0.25, 0.3) is 0 Å². The van der Waals surface area contributed by atoms with Crippen LogP contribution in [0.4, 0.5) is 0 Å². The number of carbonyl (C=O) groups excluding carboxylic acids is 1. The predicted octanol–water partition coefficient (Wildman–Crippen LogP) is 3.63. The Morgan fingerprint density at radius 1 is 1.33 bits per heavy atom. The van der Waals surface area contributed by atoms with E-state index in [0.29, 0.717) is 0 Å². The fourth-order valence-corrected chi connectivity index (χ4v) is 2.01. The molecule has 0 N–H and O–H groups in total. The molecule has 0 heterocycles. The maximum atomic E-state index is 10.9. The van der Waals surface area contributed by atoms with Crippen LogP contribution in [-0.2, 0) is 10.2 Å². The monoisotopic (exact) mass is 264 g/mol. The van der Waals surface area contributed by atoms with E-state index in [1.165, 1.54) is 5.56 Å². The molecule has 0 atom stereocenters. The van der Waals surface area contributed by atoms with Crippen molar-refractivity contribution in [2.24, 2.45) is 0 Å². The zero-order valence-corrected chi connectivity index (χ0v) is 10.3. The molecule has 0 spiro atoms. The smallest absolute Gasteiger partial charge is 0.152 e. The van der Waals surface area contributed by atoms with Crippen LogP contribution >= 0.6 is 15.9 Å². The summed E-state index contributed by atoms with van der Waals surface area (Å²) in [7, 11) is 0. The number of carbonyl (C=O) groups is 1. The summed E-state index contributed by atoms with van der Waals surface area (Å²) in [6, 6.07) is 8.36. The second kappa shape index (κ2) is 3.93. The third kappa shape index (κ3) is 2.37. The van der Waals surface area contributed by atoms with Gasteiger partial charge in [-0.1, -0.05) is 34.1 Å². The Bertz CT molecular complexity index is 399. The highest BCUT2D eigenvalue weighted by atomic mass is 79.9. The van der Waals surface area contributed by atoms with Gasteiger partial charge in [-0.05, 0) is 43.5 Å². The number of ketones is 1. The lowest BCUT2D eigenvalue weighted by Gasteiger charge is -2.09. The van der Waals surface area contributed by atoms with Crippen molar-refractivity contribution in [3.05, 3.63) is 46.5 Å². The lowest BCUT2D eigenvalue weighted by Crippen LogP contribution is -2.02. The van der Waals surface area contributed by atoms with Crippen molar-refractivity contribution in [1.29, 1.82) is 0 Å². The molecule has 2 rings (SSSR count). The Morgan fingerprint density at radius 3 is 2.40 bits per heavy atom. The molecule has 2 heteroatoms. The van der Waals surface area contributed by atoms with E-state index in [9.17, 15) is 4.79 Å². The van der Waals surface area contributed by atoms with Gasteiger partial charge >= 0.3 is 0 Å². The molecule has 0 aromatic heterocycles. The van der Waals surface area contributed by atoms with Crippen molar-refractivity contribution >= 4 is 21.7 Å². The summed E-state index contributed by atoms with van der Waals surface area (Å²) in [5, 5.41) is 0. The van der Waals surface area contributed by atoms with Crippen LogP contribution in [0.2, 0.25) is 0 Å². The van der Waals surface area contributed by atoms with Crippen LogP contribution in [0.1, 0.15) is 25.3 Å². The molecule has 0 saturated heterocycles. The lowest BCUT2D eigenvalue weighted by atomic mass is 9.95. The summed E-state index contributed by atoms with van der Waals surface area (Å²) in [5.74, 6) is 0.124. The largest absolute Gasteiger partial charge is 0.295 e. The minimum atomic E-state index is 0.124. The average molecular weight is 265 g/mol. The van der Waals surface area contributed by atoms with Gasteiger partial charge in [0.05, 0.1) is 0 Å². The molecule has 1 fully saturated rings. The summed E-state index contributed by atoms with van der Waals surface area (Å²) >= 11 is 3.42. The Labute approximate surface area is 98.3 Å². The fraction of sp³-hybridized carbons (Fsp3) is 0.308. The number of hydrogen-bond acceptors (Lipinski definition) is 1. The van der Waals surface area contributed by atoms with Gasteiger partial charge < -0.3 is 0 Å². The Morgan fingerprint density at radius 2 is 1.93 bits per heavy atom. The zero-order valence-electron chi connectivity index (χ0n) is 8.66.